The topological polar surface area (TPSA) is 61.0 Å². The highest BCUT2D eigenvalue weighted by atomic mass is 79.9. The SMILES string of the molecule is Cc1oc(-c2ccccc2)nc1CCOc1ncc(Br)cn1. The number of hydrogen-bond acceptors (Lipinski definition) is 5. The molecule has 2 heterocycles. The first-order valence-electron chi connectivity index (χ1n) is 6.84. The van der Waals surface area contributed by atoms with Crippen LogP contribution in [-0.4, -0.2) is 21.6 Å². The van der Waals surface area contributed by atoms with Crippen LogP contribution in [0.2, 0.25) is 0 Å². The van der Waals surface area contributed by atoms with E-state index in [2.05, 4.69) is 30.9 Å². The molecule has 0 saturated heterocycles. The van der Waals surface area contributed by atoms with E-state index in [9.17, 15) is 0 Å². The van der Waals surface area contributed by atoms with Gasteiger partial charge in [0, 0.05) is 24.4 Å². The van der Waals surface area contributed by atoms with E-state index in [0.717, 1.165) is 21.5 Å². The van der Waals surface area contributed by atoms with E-state index in [1.54, 1.807) is 12.4 Å². The molecule has 0 unspecified atom stereocenters. The molecular weight excluding hydrogens is 346 g/mol. The van der Waals surface area contributed by atoms with Gasteiger partial charge in [-0.05, 0) is 35.0 Å². The van der Waals surface area contributed by atoms with Crippen molar-refractivity contribution >= 4 is 15.9 Å². The highest BCUT2D eigenvalue weighted by Crippen LogP contribution is 2.21. The normalized spacial score (nSPS) is 10.6. The molecule has 0 amide bonds. The Hall–Kier alpha value is -2.21. The predicted molar refractivity (Wildman–Crippen MR) is 85.6 cm³/mol. The van der Waals surface area contributed by atoms with Crippen LogP contribution in [0.5, 0.6) is 6.01 Å². The van der Waals surface area contributed by atoms with Crippen LogP contribution in [0.25, 0.3) is 11.5 Å². The minimum Gasteiger partial charge on any atom is -0.463 e. The van der Waals surface area contributed by atoms with Crippen LogP contribution >= 0.6 is 15.9 Å². The zero-order valence-electron chi connectivity index (χ0n) is 12.0. The standard InChI is InChI=1S/C16H14BrN3O2/c1-11-14(7-8-21-16-18-9-13(17)10-19-16)20-15(22-11)12-5-3-2-4-6-12/h2-6,9-10H,7-8H2,1H3. The number of hydrogen-bond donors (Lipinski definition) is 0. The molecule has 0 atom stereocenters. The molecule has 0 aliphatic carbocycles. The molecule has 3 aromatic rings. The van der Waals surface area contributed by atoms with Crippen LogP contribution in [0.15, 0.2) is 51.6 Å². The lowest BCUT2D eigenvalue weighted by Gasteiger charge is -2.02. The van der Waals surface area contributed by atoms with Gasteiger partial charge in [-0.25, -0.2) is 15.0 Å². The number of ether oxygens (including phenoxy) is 1. The summed E-state index contributed by atoms with van der Waals surface area (Å²) in [4.78, 5) is 12.7. The second kappa shape index (κ2) is 6.70. The summed E-state index contributed by atoms with van der Waals surface area (Å²) in [6, 6.07) is 10.2. The lowest BCUT2D eigenvalue weighted by Crippen LogP contribution is -2.05. The second-order valence-corrected chi connectivity index (χ2v) is 5.59. The minimum atomic E-state index is 0.354. The Kier molecular flexibility index (Phi) is 4.48. The monoisotopic (exact) mass is 359 g/mol. The molecule has 5 nitrogen and oxygen atoms in total. The van der Waals surface area contributed by atoms with E-state index in [1.165, 1.54) is 0 Å². The van der Waals surface area contributed by atoms with Gasteiger partial charge >= 0.3 is 6.01 Å². The van der Waals surface area contributed by atoms with E-state index in [0.29, 0.717) is 24.9 Å². The van der Waals surface area contributed by atoms with Gasteiger partial charge in [0.25, 0.3) is 0 Å². The van der Waals surface area contributed by atoms with Gasteiger partial charge in [-0.2, -0.15) is 0 Å². The molecule has 0 fully saturated rings. The summed E-state index contributed by atoms with van der Waals surface area (Å²) in [6.45, 7) is 2.36. The Morgan fingerprint density at radius 1 is 1.14 bits per heavy atom. The molecule has 0 radical (unpaired) electrons. The quantitative estimate of drug-likeness (QED) is 0.692. The first-order valence-corrected chi connectivity index (χ1v) is 7.64. The molecular formula is C16H14BrN3O2. The Morgan fingerprint density at radius 2 is 1.86 bits per heavy atom. The lowest BCUT2D eigenvalue weighted by molar-refractivity contribution is 0.294. The van der Waals surface area contributed by atoms with Crippen molar-refractivity contribution in [1.82, 2.24) is 15.0 Å². The maximum Gasteiger partial charge on any atom is 0.316 e. The molecule has 2 aromatic heterocycles. The summed E-state index contributed by atoms with van der Waals surface area (Å²) in [5.41, 5.74) is 1.85. The van der Waals surface area contributed by atoms with Gasteiger partial charge in [0.05, 0.1) is 16.8 Å². The van der Waals surface area contributed by atoms with Crippen LogP contribution in [-0.2, 0) is 6.42 Å². The van der Waals surface area contributed by atoms with E-state index in [-0.39, 0.29) is 0 Å². The number of rotatable bonds is 5. The van der Waals surface area contributed by atoms with Crippen LogP contribution < -0.4 is 4.74 Å². The molecule has 0 bridgehead atoms. The van der Waals surface area contributed by atoms with E-state index < -0.39 is 0 Å². The van der Waals surface area contributed by atoms with Crippen molar-refractivity contribution in [3.05, 3.63) is 58.7 Å². The fraction of sp³-hybridized carbons (Fsp3) is 0.188. The molecule has 22 heavy (non-hydrogen) atoms. The van der Waals surface area contributed by atoms with Crippen LogP contribution in [0.1, 0.15) is 11.5 Å². The van der Waals surface area contributed by atoms with Gasteiger partial charge in [0.15, 0.2) is 0 Å². The van der Waals surface area contributed by atoms with Crippen LogP contribution in [0, 0.1) is 6.92 Å². The zero-order chi connectivity index (χ0) is 15.4. The van der Waals surface area contributed by atoms with Crippen molar-refractivity contribution in [3.63, 3.8) is 0 Å². The first kappa shape index (κ1) is 14.7. The number of aromatic nitrogens is 3. The summed E-state index contributed by atoms with van der Waals surface area (Å²) in [7, 11) is 0. The highest BCUT2D eigenvalue weighted by Gasteiger charge is 2.11. The predicted octanol–water partition coefficient (Wildman–Crippen LogP) is 3.82. The molecule has 3 rings (SSSR count). The lowest BCUT2D eigenvalue weighted by atomic mass is 10.2. The summed E-state index contributed by atoms with van der Waals surface area (Å²) < 4.78 is 12.0. The largest absolute Gasteiger partial charge is 0.463 e. The number of nitrogens with zero attached hydrogens (tertiary/aromatic N) is 3. The van der Waals surface area contributed by atoms with Crippen molar-refractivity contribution in [1.29, 1.82) is 0 Å². The van der Waals surface area contributed by atoms with E-state index in [1.807, 2.05) is 37.3 Å². The van der Waals surface area contributed by atoms with Crippen molar-refractivity contribution < 1.29 is 9.15 Å². The average Bonchev–Trinajstić information content (AvgIpc) is 2.91. The number of oxazole rings is 1. The van der Waals surface area contributed by atoms with Crippen molar-refractivity contribution in [2.45, 2.75) is 13.3 Å². The zero-order valence-corrected chi connectivity index (χ0v) is 13.6. The number of aryl methyl sites for hydroxylation is 1. The Labute approximate surface area is 136 Å². The molecule has 0 aliphatic rings. The molecule has 112 valence electrons. The Bertz CT molecular complexity index is 742. The second-order valence-electron chi connectivity index (χ2n) is 4.67. The van der Waals surface area contributed by atoms with Crippen molar-refractivity contribution in [2.24, 2.45) is 0 Å². The van der Waals surface area contributed by atoms with Gasteiger partial charge in [-0.3, -0.25) is 0 Å². The molecule has 0 N–H and O–H groups in total. The molecule has 0 aliphatic heterocycles. The molecule has 0 spiro atoms. The molecule has 6 heteroatoms. The number of halogens is 1. The maximum atomic E-state index is 5.72. The highest BCUT2D eigenvalue weighted by molar-refractivity contribution is 9.10. The van der Waals surface area contributed by atoms with Crippen LogP contribution in [0.4, 0.5) is 0 Å². The van der Waals surface area contributed by atoms with Crippen LogP contribution in [0.3, 0.4) is 0 Å². The van der Waals surface area contributed by atoms with Gasteiger partial charge in [0.2, 0.25) is 5.89 Å². The Morgan fingerprint density at radius 3 is 2.59 bits per heavy atom. The summed E-state index contributed by atoms with van der Waals surface area (Å²) in [6.07, 6.45) is 3.94. The average molecular weight is 360 g/mol. The van der Waals surface area contributed by atoms with Crippen molar-refractivity contribution in [2.75, 3.05) is 6.61 Å². The third kappa shape index (κ3) is 3.51. The minimum absolute atomic E-state index is 0.354. The fourth-order valence-electron chi connectivity index (χ4n) is 1.98. The Balaban J connectivity index is 1.63. The van der Waals surface area contributed by atoms with Gasteiger partial charge in [-0.15, -0.1) is 0 Å². The first-order chi connectivity index (χ1) is 10.7. The van der Waals surface area contributed by atoms with Gasteiger partial charge in [0.1, 0.15) is 5.76 Å². The smallest absolute Gasteiger partial charge is 0.316 e. The summed E-state index contributed by atoms with van der Waals surface area (Å²) >= 11 is 3.28. The molecule has 0 saturated carbocycles. The summed E-state index contributed by atoms with van der Waals surface area (Å²) in [5.74, 6) is 1.44. The molecule has 1 aromatic carbocycles. The van der Waals surface area contributed by atoms with Gasteiger partial charge in [-0.1, -0.05) is 18.2 Å². The third-order valence-electron chi connectivity index (χ3n) is 3.08. The van der Waals surface area contributed by atoms with E-state index in [4.69, 9.17) is 9.15 Å². The number of benzene rings is 1. The van der Waals surface area contributed by atoms with Crippen molar-refractivity contribution in [3.8, 4) is 17.5 Å². The van der Waals surface area contributed by atoms with Gasteiger partial charge < -0.3 is 9.15 Å². The fourth-order valence-corrected chi connectivity index (χ4v) is 2.18. The van der Waals surface area contributed by atoms with E-state index >= 15 is 0 Å². The summed E-state index contributed by atoms with van der Waals surface area (Å²) in [5, 5.41) is 0. The maximum absolute atomic E-state index is 5.72. The third-order valence-corrected chi connectivity index (χ3v) is 3.49.